The Morgan fingerprint density at radius 3 is 2.66 bits per heavy atom. The minimum Gasteiger partial charge on any atom is -0.456 e. The van der Waals surface area contributed by atoms with E-state index in [-0.39, 0.29) is 35.6 Å². The lowest BCUT2D eigenvalue weighted by Gasteiger charge is -2.46. The van der Waals surface area contributed by atoms with E-state index >= 15 is 0 Å². The zero-order chi connectivity index (χ0) is 27.3. The fourth-order valence-electron chi connectivity index (χ4n) is 5.07. The maximum atomic E-state index is 13.4. The average Bonchev–Trinajstić information content (AvgIpc) is 3.51. The molecule has 0 bridgehead atoms. The number of fused-ring (bicyclic) bond motifs is 2. The Bertz CT molecular complexity index is 1530. The molecular weight excluding hydrogens is 512 g/mol. The summed E-state index contributed by atoms with van der Waals surface area (Å²) in [5, 5.41) is 21.1. The van der Waals surface area contributed by atoms with E-state index in [1.807, 2.05) is 13.1 Å². The van der Waals surface area contributed by atoms with Crippen molar-refractivity contribution in [3.63, 3.8) is 0 Å². The molecule has 1 fully saturated rings. The molecule has 5 rings (SSSR count). The number of ether oxygens (including phenoxy) is 1. The van der Waals surface area contributed by atoms with Gasteiger partial charge in [0.2, 0.25) is 5.91 Å². The average molecular weight is 537 g/mol. The maximum Gasteiger partial charge on any atom is 0.355 e. The highest BCUT2D eigenvalue weighted by Crippen LogP contribution is 2.51. The number of amides is 1. The summed E-state index contributed by atoms with van der Waals surface area (Å²) in [4.78, 5) is 55.5. The zero-order valence-corrected chi connectivity index (χ0v) is 21.5. The second-order valence-corrected chi connectivity index (χ2v) is 10.4. The predicted molar refractivity (Wildman–Crippen MR) is 138 cm³/mol. The van der Waals surface area contributed by atoms with Crippen molar-refractivity contribution in [2.24, 2.45) is 11.8 Å². The molecule has 1 aromatic carbocycles. The van der Waals surface area contributed by atoms with E-state index in [0.29, 0.717) is 16.8 Å². The van der Waals surface area contributed by atoms with Gasteiger partial charge >= 0.3 is 5.97 Å². The van der Waals surface area contributed by atoms with Gasteiger partial charge in [-0.05, 0) is 43.7 Å². The van der Waals surface area contributed by atoms with E-state index in [4.69, 9.17) is 4.74 Å². The summed E-state index contributed by atoms with van der Waals surface area (Å²) in [6.07, 6.45) is 5.61. The van der Waals surface area contributed by atoms with Crippen molar-refractivity contribution in [3.05, 3.63) is 74.8 Å². The van der Waals surface area contributed by atoms with Crippen molar-refractivity contribution >= 4 is 51.2 Å². The fourth-order valence-corrected chi connectivity index (χ4v) is 6.27. The van der Waals surface area contributed by atoms with Gasteiger partial charge < -0.3 is 14.7 Å². The molecule has 0 saturated carbocycles. The molecule has 2 aliphatic rings. The molecule has 12 heteroatoms. The SMILES string of the molecule is CC(=O)C=Cc1ncn2cc(C3=C(C(=O)OCc4ccc([N+](=O)[O-])cc4)N4C(=O)[C@H]([C@@H](C)O)[C@H]4[C@H]3C)sc12. The maximum absolute atomic E-state index is 13.4. The van der Waals surface area contributed by atoms with E-state index in [0.717, 1.165) is 9.71 Å². The van der Waals surface area contributed by atoms with Gasteiger partial charge in [-0.2, -0.15) is 0 Å². The molecule has 2 aromatic heterocycles. The number of esters is 1. The number of thiazole rings is 1. The lowest BCUT2D eigenvalue weighted by atomic mass is 9.77. The summed E-state index contributed by atoms with van der Waals surface area (Å²) < 4.78 is 7.36. The number of ketones is 1. The Labute approximate surface area is 220 Å². The molecule has 0 aliphatic carbocycles. The summed E-state index contributed by atoms with van der Waals surface area (Å²) in [6, 6.07) is 5.27. The van der Waals surface area contributed by atoms with Gasteiger partial charge in [0.15, 0.2) is 5.78 Å². The third-order valence-electron chi connectivity index (χ3n) is 6.86. The van der Waals surface area contributed by atoms with Gasteiger partial charge in [0.05, 0.1) is 33.6 Å². The molecule has 38 heavy (non-hydrogen) atoms. The fraction of sp³-hybridized carbons (Fsp3) is 0.308. The normalized spacial score (nSPS) is 21.6. The third kappa shape index (κ3) is 4.21. The van der Waals surface area contributed by atoms with Gasteiger partial charge in [0.1, 0.15) is 23.5 Å². The van der Waals surface area contributed by atoms with E-state index < -0.39 is 29.0 Å². The number of β-lactam (4-membered cyclic amide) rings is 1. The molecule has 3 aromatic rings. The number of nitro benzene ring substituents is 1. The first-order chi connectivity index (χ1) is 18.1. The Kier molecular flexibility index (Phi) is 6.45. The number of carbonyl (C=O) groups is 3. The number of benzene rings is 1. The van der Waals surface area contributed by atoms with Crippen LogP contribution in [0.2, 0.25) is 0 Å². The topological polar surface area (TPSA) is 144 Å². The van der Waals surface area contributed by atoms with Crippen molar-refractivity contribution in [2.75, 3.05) is 0 Å². The van der Waals surface area contributed by atoms with Gasteiger partial charge in [-0.25, -0.2) is 9.78 Å². The highest BCUT2D eigenvalue weighted by atomic mass is 32.1. The number of aliphatic hydroxyl groups excluding tert-OH is 1. The van der Waals surface area contributed by atoms with Crippen molar-refractivity contribution in [1.82, 2.24) is 14.3 Å². The molecule has 0 unspecified atom stereocenters. The standard InChI is InChI=1S/C26H24N4O7S/c1-13(31)4-9-18-25-28(12-27-18)10-19(38-25)20-14(2)22-21(15(3)32)24(33)29(22)23(20)26(34)37-11-16-5-7-17(8-6-16)30(35)36/h4-10,12,14-15,21-22,32H,11H2,1-3H3/t14-,15+,21+,22+/m0/s1. The Morgan fingerprint density at radius 2 is 2.03 bits per heavy atom. The number of aliphatic hydroxyl groups is 1. The second kappa shape index (κ2) is 9.62. The first-order valence-electron chi connectivity index (χ1n) is 11.9. The van der Waals surface area contributed by atoms with Crippen LogP contribution in [0.3, 0.4) is 0 Å². The van der Waals surface area contributed by atoms with Crippen molar-refractivity contribution in [2.45, 2.75) is 39.5 Å². The number of carbonyl (C=O) groups excluding carboxylic acids is 3. The smallest absolute Gasteiger partial charge is 0.355 e. The zero-order valence-electron chi connectivity index (χ0n) is 20.7. The van der Waals surface area contributed by atoms with Gasteiger partial charge in [0.25, 0.3) is 5.69 Å². The summed E-state index contributed by atoms with van der Waals surface area (Å²) in [6.45, 7) is 4.79. The lowest BCUT2D eigenvalue weighted by Crippen LogP contribution is -2.63. The quantitative estimate of drug-likeness (QED) is 0.152. The molecule has 2 aliphatic heterocycles. The molecule has 4 atom stereocenters. The molecule has 1 amide bonds. The van der Waals surface area contributed by atoms with Gasteiger partial charge in [-0.15, -0.1) is 11.3 Å². The number of hydrogen-bond acceptors (Lipinski definition) is 9. The molecular formula is C26H24N4O7S. The Hall–Kier alpha value is -4.16. The van der Waals surface area contributed by atoms with Crippen LogP contribution in [0.25, 0.3) is 16.5 Å². The summed E-state index contributed by atoms with van der Waals surface area (Å²) in [5.74, 6) is -2.05. The van der Waals surface area contributed by atoms with E-state index in [9.17, 15) is 29.6 Å². The van der Waals surface area contributed by atoms with E-state index in [1.54, 1.807) is 23.7 Å². The number of nitro groups is 1. The van der Waals surface area contributed by atoms with Crippen molar-refractivity contribution in [3.8, 4) is 0 Å². The van der Waals surface area contributed by atoms with Gasteiger partial charge in [0, 0.05) is 29.8 Å². The van der Waals surface area contributed by atoms with Crippen LogP contribution in [0.15, 0.2) is 48.6 Å². The first-order valence-corrected chi connectivity index (χ1v) is 12.7. The summed E-state index contributed by atoms with van der Waals surface area (Å²) in [7, 11) is 0. The number of rotatable bonds is 8. The lowest BCUT2D eigenvalue weighted by molar-refractivity contribution is -0.384. The number of nitrogens with zero attached hydrogens (tertiary/aromatic N) is 4. The molecule has 0 spiro atoms. The third-order valence-corrected chi connectivity index (χ3v) is 8.02. The second-order valence-electron chi connectivity index (χ2n) is 9.40. The van der Waals surface area contributed by atoms with E-state index in [2.05, 4.69) is 4.98 Å². The molecule has 1 N–H and O–H groups in total. The molecule has 1 saturated heterocycles. The number of non-ortho nitro benzene ring substituents is 1. The van der Waals surface area contributed by atoms with Crippen LogP contribution in [-0.2, 0) is 25.7 Å². The van der Waals surface area contributed by atoms with Crippen molar-refractivity contribution < 1.29 is 29.2 Å². The molecule has 4 heterocycles. The number of aromatic nitrogens is 2. The van der Waals surface area contributed by atoms with Crippen molar-refractivity contribution in [1.29, 1.82) is 0 Å². The van der Waals surface area contributed by atoms with Gasteiger partial charge in [-0.3, -0.25) is 24.1 Å². The summed E-state index contributed by atoms with van der Waals surface area (Å²) >= 11 is 1.37. The molecule has 0 radical (unpaired) electrons. The first kappa shape index (κ1) is 25.5. The van der Waals surface area contributed by atoms with Crippen LogP contribution >= 0.6 is 11.3 Å². The summed E-state index contributed by atoms with van der Waals surface area (Å²) in [5.41, 5.74) is 1.85. The number of hydrogen-bond donors (Lipinski definition) is 1. The Balaban J connectivity index is 1.50. The number of imidazole rings is 1. The Morgan fingerprint density at radius 1 is 1.32 bits per heavy atom. The van der Waals surface area contributed by atoms with Crippen LogP contribution in [0.4, 0.5) is 5.69 Å². The van der Waals surface area contributed by atoms with Crippen LogP contribution < -0.4 is 0 Å². The molecule has 196 valence electrons. The van der Waals surface area contributed by atoms with Crippen LogP contribution in [0.1, 0.15) is 36.9 Å². The highest BCUT2D eigenvalue weighted by Gasteiger charge is 2.60. The largest absolute Gasteiger partial charge is 0.456 e. The van der Waals surface area contributed by atoms with Crippen LogP contribution in [-0.4, -0.2) is 54.1 Å². The monoisotopic (exact) mass is 536 g/mol. The minimum atomic E-state index is -0.880. The molecule has 11 nitrogen and oxygen atoms in total. The van der Waals surface area contributed by atoms with Gasteiger partial charge in [-0.1, -0.05) is 6.92 Å². The minimum absolute atomic E-state index is 0.0750. The van der Waals surface area contributed by atoms with Crippen LogP contribution in [0.5, 0.6) is 0 Å². The number of allylic oxidation sites excluding steroid dienone is 1. The van der Waals surface area contributed by atoms with Crippen LogP contribution in [0, 0.1) is 22.0 Å². The van der Waals surface area contributed by atoms with E-state index in [1.165, 1.54) is 53.5 Å². The predicted octanol–water partition coefficient (Wildman–Crippen LogP) is 3.22. The highest BCUT2D eigenvalue weighted by molar-refractivity contribution is 7.18.